The number of rotatable bonds is 11. The van der Waals surface area contributed by atoms with Gasteiger partial charge in [-0.25, -0.2) is 13.9 Å². The van der Waals surface area contributed by atoms with Crippen LogP contribution in [0.15, 0.2) is 121 Å². The van der Waals surface area contributed by atoms with Gasteiger partial charge in [0.2, 0.25) is 16.9 Å². The number of anilines is 2. The van der Waals surface area contributed by atoms with Gasteiger partial charge >= 0.3 is 12.2 Å². The van der Waals surface area contributed by atoms with E-state index >= 15 is 0 Å². The summed E-state index contributed by atoms with van der Waals surface area (Å²) >= 11 is -1.41. The van der Waals surface area contributed by atoms with Gasteiger partial charge in [0.25, 0.3) is 0 Å². The Morgan fingerprint density at radius 2 is 1.22 bits per heavy atom. The third-order valence-corrected chi connectivity index (χ3v) is 10.6. The van der Waals surface area contributed by atoms with Crippen LogP contribution in [0.25, 0.3) is 0 Å². The topological polar surface area (TPSA) is 248 Å². The number of amides is 4. The second-order valence-corrected chi connectivity index (χ2v) is 15.8. The molecule has 3 fully saturated rings. The van der Waals surface area contributed by atoms with E-state index < -0.39 is 35.5 Å². The number of alkyl carbamates (subject to hydrolysis) is 2. The third kappa shape index (κ3) is 22.2. The van der Waals surface area contributed by atoms with E-state index in [1.165, 1.54) is 4.31 Å². The molecule has 0 radical (unpaired) electrons. The van der Waals surface area contributed by atoms with Crippen LogP contribution in [0.2, 0.25) is 0 Å². The van der Waals surface area contributed by atoms with Crippen LogP contribution >= 0.6 is 11.8 Å². The molecular formula is C44H51ArN6O12S2-. The smallest absolute Gasteiger partial charge is 0.408 e. The number of carbonyl (C=O) groups is 6. The molecule has 4 amide bonds. The number of nitrogen functional groups attached to an aromatic ring is 1. The molecule has 0 bridgehead atoms. The number of nitrogens with two attached hydrogens (primary N) is 1. The standard InChI is InChI=1S/C22H25N3O5.C12H11NO4S.C6H7N.C4H9NO3S.Ar/c26-20(23-18-9-5-2-6-10-18)15-19(21(27)25-11-13-29-14-12-25)24-22(28)30-16-17-7-3-1-4-8-17;14-10-6-9(11(15)18-10)13-12(16)17-7-8-4-2-1-3-5-8;7-6-4-2-1-3-5-6;6-9(7)5-1-3-8-4-2-5;/h1-10,19H,11-16H2,(H,23,26)(H,24,28);1-5,9H,6-7H2,(H,13,16);1-5H,7H2;1-4H2,(H,6,7);/p-1/t19-;9-;;;/m00.../s1. The first-order valence-electron chi connectivity index (χ1n) is 20.1. The maximum absolute atomic E-state index is 12.9. The second-order valence-electron chi connectivity index (χ2n) is 13.7. The van der Waals surface area contributed by atoms with Gasteiger partial charge in [-0.05, 0) is 47.2 Å². The Kier molecular flexibility index (Phi) is 26.0. The van der Waals surface area contributed by atoms with E-state index in [1.807, 2.05) is 97.1 Å². The van der Waals surface area contributed by atoms with Crippen molar-refractivity contribution in [1.29, 1.82) is 0 Å². The zero-order valence-corrected chi connectivity index (χ0v) is 37.6. The summed E-state index contributed by atoms with van der Waals surface area (Å²) in [5, 5.41) is 7.09. The number of morpholine rings is 2. The fraction of sp³-hybridized carbons (Fsp3) is 0.318. The van der Waals surface area contributed by atoms with Crippen molar-refractivity contribution < 1.29 is 94.2 Å². The first-order valence-corrected chi connectivity index (χ1v) is 21.9. The fourth-order valence-electron chi connectivity index (χ4n) is 5.67. The normalized spacial score (nSPS) is 16.4. The number of para-hydroxylation sites is 2. The van der Waals surface area contributed by atoms with E-state index in [1.54, 1.807) is 29.2 Å². The van der Waals surface area contributed by atoms with E-state index in [9.17, 15) is 37.5 Å². The number of nitrogens with one attached hydrogen (secondary N) is 3. The number of hydrogen-bond acceptors (Lipinski definition) is 14. The van der Waals surface area contributed by atoms with Crippen molar-refractivity contribution in [3.8, 4) is 0 Å². The zero-order valence-electron chi connectivity index (χ0n) is 35.2. The average Bonchev–Trinajstić information content (AvgIpc) is 3.64. The molecule has 0 saturated carbocycles. The molecular weight excluding hydrogens is 909 g/mol. The summed E-state index contributed by atoms with van der Waals surface area (Å²) < 4.78 is 42.2. The molecule has 7 rings (SSSR count). The summed E-state index contributed by atoms with van der Waals surface area (Å²) in [4.78, 5) is 72.9. The number of nitrogens with zero attached hydrogens (tertiary/aromatic N) is 2. The van der Waals surface area contributed by atoms with Gasteiger partial charge in [-0.2, -0.15) is 0 Å². The molecule has 5 N–H and O–H groups in total. The number of carbonyl (C=O) groups excluding carboxylic acids is 6. The Hall–Kier alpha value is -4.90. The van der Waals surface area contributed by atoms with Crippen LogP contribution in [0.5, 0.6) is 0 Å². The number of ether oxygens (including phenoxy) is 4. The average molecular weight is 960 g/mol. The van der Waals surface area contributed by atoms with Crippen molar-refractivity contribution in [2.75, 3.05) is 63.7 Å². The van der Waals surface area contributed by atoms with Crippen LogP contribution < -0.4 is 21.7 Å². The Labute approximate surface area is 414 Å². The molecule has 4 aromatic rings. The van der Waals surface area contributed by atoms with Gasteiger partial charge in [0.05, 0.1) is 32.8 Å². The quantitative estimate of drug-likeness (QED) is 0.123. The van der Waals surface area contributed by atoms with Gasteiger partial charge in [0, 0.05) is 93.0 Å². The van der Waals surface area contributed by atoms with Crippen molar-refractivity contribution in [2.24, 2.45) is 0 Å². The first kappa shape index (κ1) is 54.4. The van der Waals surface area contributed by atoms with Gasteiger partial charge < -0.3 is 50.1 Å². The predicted molar refractivity (Wildman–Crippen MR) is 239 cm³/mol. The molecule has 3 aliphatic heterocycles. The number of thioether (sulfide) groups is 1. The summed E-state index contributed by atoms with van der Waals surface area (Å²) in [5.74, 6) is -0.714. The van der Waals surface area contributed by atoms with Crippen LogP contribution in [0.3, 0.4) is 0 Å². The van der Waals surface area contributed by atoms with E-state index in [2.05, 4.69) is 16.0 Å². The van der Waals surface area contributed by atoms with Crippen LogP contribution in [0, 0.1) is 37.7 Å². The Morgan fingerprint density at radius 1 is 0.738 bits per heavy atom. The monoisotopic (exact) mass is 959 g/mol. The number of hydrogen-bond donors (Lipinski definition) is 4. The Balaban J connectivity index is 0.000000268. The van der Waals surface area contributed by atoms with Gasteiger partial charge in [0.1, 0.15) is 25.3 Å². The zero-order chi connectivity index (χ0) is 45.9. The molecule has 65 heavy (non-hydrogen) atoms. The summed E-state index contributed by atoms with van der Waals surface area (Å²) in [6.45, 7) is 3.91. The van der Waals surface area contributed by atoms with E-state index in [4.69, 9.17) is 24.7 Å². The Morgan fingerprint density at radius 3 is 1.66 bits per heavy atom. The molecule has 3 saturated heterocycles. The molecule has 0 spiro atoms. The SMILES string of the molecule is Nc1ccccc1.O=C(C[C@H](NC(=O)OCc1ccccc1)C(=O)N1CCOCC1)Nc1ccccc1.O=C(N[C@H]1CC(=O)SC1=O)OCc1ccccc1.O=S([O-])N1CCOCC1.[Ar]. The molecule has 1 unspecified atom stereocenters. The Bertz CT molecular complexity index is 2090. The molecule has 3 aliphatic rings. The van der Waals surface area contributed by atoms with Crippen LogP contribution in [-0.4, -0.2) is 117 Å². The van der Waals surface area contributed by atoms with Crippen LogP contribution in [0.4, 0.5) is 21.0 Å². The van der Waals surface area contributed by atoms with Crippen LogP contribution in [0.1, 0.15) is 24.0 Å². The maximum atomic E-state index is 12.9. The molecule has 18 nitrogen and oxygen atoms in total. The minimum Gasteiger partial charge on any atom is -0.760 e. The van der Waals surface area contributed by atoms with Gasteiger partial charge in [-0.1, -0.05) is 97.1 Å². The fourth-order valence-corrected chi connectivity index (χ4v) is 6.88. The predicted octanol–water partition coefficient (Wildman–Crippen LogP) is 4.02. The molecule has 21 heteroatoms. The molecule has 0 aliphatic carbocycles. The van der Waals surface area contributed by atoms with Crippen molar-refractivity contribution in [3.63, 3.8) is 0 Å². The van der Waals surface area contributed by atoms with Crippen molar-refractivity contribution in [1.82, 2.24) is 19.8 Å². The summed E-state index contributed by atoms with van der Waals surface area (Å²) in [6, 6.07) is 35.0. The maximum Gasteiger partial charge on any atom is 0.408 e. The largest absolute Gasteiger partial charge is 0.760 e. The molecule has 3 atom stereocenters. The van der Waals surface area contributed by atoms with Crippen molar-refractivity contribution in [2.45, 2.75) is 38.1 Å². The van der Waals surface area contributed by atoms with Crippen molar-refractivity contribution >= 4 is 68.6 Å². The third-order valence-electron chi connectivity index (χ3n) is 8.93. The minimum absolute atomic E-state index is 0. The van der Waals surface area contributed by atoms with Crippen molar-refractivity contribution in [3.05, 3.63) is 132 Å². The molecule has 3 heterocycles. The minimum atomic E-state index is -2.05. The summed E-state index contributed by atoms with van der Waals surface area (Å²) in [7, 11) is 0. The van der Waals surface area contributed by atoms with Gasteiger partial charge in [-0.3, -0.25) is 23.4 Å². The molecule has 350 valence electrons. The number of benzene rings is 4. The summed E-state index contributed by atoms with van der Waals surface area (Å²) in [6.07, 6.45) is -1.61. The van der Waals surface area contributed by atoms with Gasteiger partial charge in [-0.15, -0.1) is 0 Å². The van der Waals surface area contributed by atoms with E-state index in [-0.39, 0.29) is 85.8 Å². The molecule has 4 aromatic carbocycles. The second kappa shape index (κ2) is 31.1. The molecule has 0 aromatic heterocycles. The van der Waals surface area contributed by atoms with E-state index in [0.717, 1.165) is 16.8 Å². The van der Waals surface area contributed by atoms with E-state index in [0.29, 0.717) is 70.1 Å². The van der Waals surface area contributed by atoms with Gasteiger partial charge in [0.15, 0.2) is 5.12 Å². The summed E-state index contributed by atoms with van der Waals surface area (Å²) in [5.41, 5.74) is 8.48. The first-order chi connectivity index (χ1) is 31.0. The van der Waals surface area contributed by atoms with Crippen LogP contribution in [-0.2, 0) is 62.6 Å².